The van der Waals surface area contributed by atoms with Crippen molar-refractivity contribution < 1.29 is 19.0 Å². The number of hydrogen-bond donors (Lipinski definition) is 0. The second kappa shape index (κ2) is 8.77. The van der Waals surface area contributed by atoms with Crippen LogP contribution >= 0.6 is 0 Å². The normalized spacial score (nSPS) is 11.0. The molecule has 0 amide bonds. The highest BCUT2D eigenvalue weighted by molar-refractivity contribution is 5.91. The van der Waals surface area contributed by atoms with Crippen LogP contribution in [0.5, 0.6) is 17.2 Å². The maximum absolute atomic E-state index is 12.1. The monoisotopic (exact) mass is 326 g/mol. The van der Waals surface area contributed by atoms with Crippen LogP contribution in [0.15, 0.2) is 60.2 Å². The van der Waals surface area contributed by atoms with E-state index >= 15 is 0 Å². The number of benzene rings is 2. The zero-order valence-corrected chi connectivity index (χ0v) is 14.2. The molecule has 0 unspecified atom stereocenters. The molecule has 0 saturated heterocycles. The van der Waals surface area contributed by atoms with Crippen LogP contribution in [0.2, 0.25) is 0 Å². The second-order valence-electron chi connectivity index (χ2n) is 5.24. The van der Waals surface area contributed by atoms with Crippen molar-refractivity contribution in [3.8, 4) is 17.2 Å². The molecule has 2 rings (SSSR count). The predicted molar refractivity (Wildman–Crippen MR) is 93.9 cm³/mol. The molecule has 0 heterocycles. The first-order chi connectivity index (χ1) is 11.6. The van der Waals surface area contributed by atoms with Crippen LogP contribution in [0.4, 0.5) is 0 Å². The van der Waals surface area contributed by atoms with Crippen molar-refractivity contribution in [3.05, 3.63) is 65.7 Å². The van der Waals surface area contributed by atoms with Gasteiger partial charge in [-0.3, -0.25) is 0 Å². The molecule has 0 spiro atoms. The summed E-state index contributed by atoms with van der Waals surface area (Å²) in [7, 11) is 0. The molecule has 0 saturated carbocycles. The van der Waals surface area contributed by atoms with Gasteiger partial charge >= 0.3 is 5.97 Å². The first-order valence-corrected chi connectivity index (χ1v) is 7.92. The van der Waals surface area contributed by atoms with Crippen LogP contribution < -0.4 is 14.2 Å². The largest absolute Gasteiger partial charge is 0.494 e. The molecule has 0 aliphatic carbocycles. The van der Waals surface area contributed by atoms with Crippen molar-refractivity contribution in [2.24, 2.45) is 0 Å². The number of allylic oxidation sites excluding steroid dienone is 1. The van der Waals surface area contributed by atoms with Crippen LogP contribution in [0.3, 0.4) is 0 Å². The fourth-order valence-electron chi connectivity index (χ4n) is 1.90. The number of carbonyl (C=O) groups excluding carboxylic acids is 1. The van der Waals surface area contributed by atoms with Gasteiger partial charge in [-0.05, 0) is 74.9 Å². The van der Waals surface area contributed by atoms with E-state index in [1.54, 1.807) is 48.5 Å². The highest BCUT2D eigenvalue weighted by atomic mass is 16.5. The van der Waals surface area contributed by atoms with Crippen molar-refractivity contribution >= 4 is 5.97 Å². The van der Waals surface area contributed by atoms with Gasteiger partial charge in [-0.2, -0.15) is 0 Å². The molecule has 4 heteroatoms. The lowest BCUT2D eigenvalue weighted by atomic mass is 10.2. The quantitative estimate of drug-likeness (QED) is 0.422. The maximum Gasteiger partial charge on any atom is 0.343 e. The standard InChI is InChI=1S/C20H22O4/c1-4-15(3)14-23-18-8-6-16(7-9-18)20(21)24-19-12-10-17(11-13-19)22-5-2/h4,6-13H,5,14H2,1-3H3. The van der Waals surface area contributed by atoms with Gasteiger partial charge in [0, 0.05) is 0 Å². The Morgan fingerprint density at radius 1 is 0.917 bits per heavy atom. The van der Waals surface area contributed by atoms with E-state index in [1.165, 1.54) is 0 Å². The van der Waals surface area contributed by atoms with Crippen molar-refractivity contribution in [3.63, 3.8) is 0 Å². The van der Waals surface area contributed by atoms with Gasteiger partial charge in [0.05, 0.1) is 12.2 Å². The third-order valence-electron chi connectivity index (χ3n) is 3.39. The Balaban J connectivity index is 1.94. The molecule has 0 aliphatic heterocycles. The molecule has 0 N–H and O–H groups in total. The SMILES string of the molecule is CC=C(C)COc1ccc(C(=O)Oc2ccc(OCC)cc2)cc1. The van der Waals surface area contributed by atoms with E-state index in [9.17, 15) is 4.79 Å². The maximum atomic E-state index is 12.1. The van der Waals surface area contributed by atoms with Gasteiger partial charge in [0.25, 0.3) is 0 Å². The van der Waals surface area contributed by atoms with Crippen molar-refractivity contribution in [2.75, 3.05) is 13.2 Å². The summed E-state index contributed by atoms with van der Waals surface area (Å²) in [5, 5.41) is 0. The third-order valence-corrected chi connectivity index (χ3v) is 3.39. The van der Waals surface area contributed by atoms with E-state index in [-0.39, 0.29) is 0 Å². The Morgan fingerprint density at radius 3 is 2.04 bits per heavy atom. The summed E-state index contributed by atoms with van der Waals surface area (Å²) in [6.45, 7) is 7.02. The van der Waals surface area contributed by atoms with Crippen LogP contribution in [-0.2, 0) is 0 Å². The summed E-state index contributed by atoms with van der Waals surface area (Å²) in [5.41, 5.74) is 1.62. The lowest BCUT2D eigenvalue weighted by Crippen LogP contribution is -2.08. The lowest BCUT2D eigenvalue weighted by molar-refractivity contribution is 0.0734. The number of carbonyl (C=O) groups is 1. The minimum atomic E-state index is -0.407. The van der Waals surface area contributed by atoms with Crippen molar-refractivity contribution in [2.45, 2.75) is 20.8 Å². The number of ether oxygens (including phenoxy) is 3. The summed E-state index contributed by atoms with van der Waals surface area (Å²) < 4.78 is 16.3. The molecule has 2 aromatic rings. The van der Waals surface area contributed by atoms with Crippen LogP contribution in [0, 0.1) is 0 Å². The molecule has 0 aliphatic rings. The predicted octanol–water partition coefficient (Wildman–Crippen LogP) is 4.65. The fourth-order valence-corrected chi connectivity index (χ4v) is 1.90. The molecule has 0 bridgehead atoms. The van der Waals surface area contributed by atoms with Gasteiger partial charge < -0.3 is 14.2 Å². The Hall–Kier alpha value is -2.75. The summed E-state index contributed by atoms with van der Waals surface area (Å²) in [4.78, 5) is 12.1. The van der Waals surface area contributed by atoms with E-state index in [0.29, 0.717) is 30.3 Å². The molecule has 2 aromatic carbocycles. The van der Waals surface area contributed by atoms with Crippen LogP contribution in [-0.4, -0.2) is 19.2 Å². The smallest absolute Gasteiger partial charge is 0.343 e. The fraction of sp³-hybridized carbons (Fsp3) is 0.250. The lowest BCUT2D eigenvalue weighted by Gasteiger charge is -2.08. The minimum Gasteiger partial charge on any atom is -0.494 e. The van der Waals surface area contributed by atoms with E-state index < -0.39 is 5.97 Å². The van der Waals surface area contributed by atoms with E-state index in [1.807, 2.05) is 26.8 Å². The van der Waals surface area contributed by atoms with E-state index in [0.717, 1.165) is 11.3 Å². The first-order valence-electron chi connectivity index (χ1n) is 7.92. The highest BCUT2D eigenvalue weighted by Crippen LogP contribution is 2.19. The average Bonchev–Trinajstić information content (AvgIpc) is 2.62. The average molecular weight is 326 g/mol. The zero-order chi connectivity index (χ0) is 17.4. The van der Waals surface area contributed by atoms with Gasteiger partial charge in [0.15, 0.2) is 0 Å². The Labute approximate surface area is 142 Å². The Kier molecular flexibility index (Phi) is 6.43. The van der Waals surface area contributed by atoms with Crippen molar-refractivity contribution in [1.82, 2.24) is 0 Å². The van der Waals surface area contributed by atoms with Gasteiger partial charge in [-0.1, -0.05) is 6.08 Å². The van der Waals surface area contributed by atoms with Gasteiger partial charge in [0.1, 0.15) is 23.9 Å². The second-order valence-corrected chi connectivity index (χ2v) is 5.24. The van der Waals surface area contributed by atoms with E-state index in [2.05, 4.69) is 0 Å². The molecule has 0 aromatic heterocycles. The van der Waals surface area contributed by atoms with Crippen LogP contribution in [0.1, 0.15) is 31.1 Å². The summed E-state index contributed by atoms with van der Waals surface area (Å²) in [6, 6.07) is 13.9. The van der Waals surface area contributed by atoms with Gasteiger partial charge in [-0.15, -0.1) is 0 Å². The summed E-state index contributed by atoms with van der Waals surface area (Å²) >= 11 is 0. The van der Waals surface area contributed by atoms with Crippen LogP contribution in [0.25, 0.3) is 0 Å². The zero-order valence-electron chi connectivity index (χ0n) is 14.2. The molecule has 24 heavy (non-hydrogen) atoms. The summed E-state index contributed by atoms with van der Waals surface area (Å²) in [5.74, 6) is 1.53. The summed E-state index contributed by atoms with van der Waals surface area (Å²) in [6.07, 6.45) is 2.00. The molecular formula is C20H22O4. The number of esters is 1. The molecule has 0 radical (unpaired) electrons. The topological polar surface area (TPSA) is 44.8 Å². The third kappa shape index (κ3) is 5.16. The minimum absolute atomic E-state index is 0.407. The van der Waals surface area contributed by atoms with Gasteiger partial charge in [0.2, 0.25) is 0 Å². The molecular weight excluding hydrogens is 304 g/mol. The Bertz CT molecular complexity index is 685. The molecule has 126 valence electrons. The number of rotatable bonds is 7. The van der Waals surface area contributed by atoms with Gasteiger partial charge in [-0.25, -0.2) is 4.79 Å². The Morgan fingerprint density at radius 2 is 1.46 bits per heavy atom. The number of hydrogen-bond acceptors (Lipinski definition) is 4. The highest BCUT2D eigenvalue weighted by Gasteiger charge is 2.09. The molecule has 0 fully saturated rings. The van der Waals surface area contributed by atoms with Crippen molar-refractivity contribution in [1.29, 1.82) is 0 Å². The first kappa shape index (κ1) is 17.6. The van der Waals surface area contributed by atoms with E-state index in [4.69, 9.17) is 14.2 Å². The molecule has 4 nitrogen and oxygen atoms in total. The molecule has 0 atom stereocenters.